The molecule has 1 aromatic heterocycles. The predicted molar refractivity (Wildman–Crippen MR) is 76.4 cm³/mol. The first-order chi connectivity index (χ1) is 9.44. The predicted octanol–water partition coefficient (Wildman–Crippen LogP) is 3.07. The zero-order valence-electron chi connectivity index (χ0n) is 11.9. The molecule has 0 saturated carbocycles. The van der Waals surface area contributed by atoms with Gasteiger partial charge in [-0.3, -0.25) is 4.98 Å². The average molecular weight is 271 g/mol. The van der Waals surface area contributed by atoms with Crippen molar-refractivity contribution in [2.45, 2.75) is 26.7 Å². The largest absolute Gasteiger partial charge is 0.496 e. The molecule has 1 N–H and O–H groups in total. The Morgan fingerprint density at radius 1 is 1.30 bits per heavy atom. The van der Waals surface area contributed by atoms with E-state index >= 15 is 0 Å². The van der Waals surface area contributed by atoms with Gasteiger partial charge in [-0.25, -0.2) is 4.79 Å². The Labute approximate surface area is 117 Å². The lowest BCUT2D eigenvalue weighted by molar-refractivity contribution is 0.0698. The summed E-state index contributed by atoms with van der Waals surface area (Å²) in [6.07, 6.45) is 4.90. The van der Waals surface area contributed by atoms with Crippen molar-refractivity contribution in [3.05, 3.63) is 35.2 Å². The van der Waals surface area contributed by atoms with Gasteiger partial charge in [0.2, 0.25) is 0 Å². The number of carboxylic acid groups (broad SMARTS) is 1. The van der Waals surface area contributed by atoms with Crippen molar-refractivity contribution in [1.29, 1.82) is 0 Å². The van der Waals surface area contributed by atoms with Crippen LogP contribution in [0.5, 0.6) is 5.75 Å². The molecule has 4 heteroatoms. The molecule has 20 heavy (non-hydrogen) atoms. The fraction of sp³-hybridized carbons (Fsp3) is 0.375. The van der Waals surface area contributed by atoms with Gasteiger partial charge in [-0.05, 0) is 35.4 Å². The summed E-state index contributed by atoms with van der Waals surface area (Å²) in [6, 6.07) is 1.76. The molecule has 0 aliphatic heterocycles. The van der Waals surface area contributed by atoms with Crippen molar-refractivity contribution in [3.63, 3.8) is 0 Å². The maximum atomic E-state index is 11.7. The molecule has 0 atom stereocenters. The third-order valence-electron chi connectivity index (χ3n) is 4.00. The van der Waals surface area contributed by atoms with Gasteiger partial charge in [-0.15, -0.1) is 0 Å². The minimum atomic E-state index is -0.877. The number of fused-ring (bicyclic) bond motifs is 2. The van der Waals surface area contributed by atoms with Gasteiger partial charge in [0.05, 0.1) is 12.7 Å². The number of hydrogen-bond donors (Lipinski definition) is 1. The summed E-state index contributed by atoms with van der Waals surface area (Å²) in [6.45, 7) is 4.31. The summed E-state index contributed by atoms with van der Waals surface area (Å²) in [4.78, 5) is 15.8. The number of methoxy groups -OCH3 is 1. The fourth-order valence-electron chi connectivity index (χ4n) is 3.29. The van der Waals surface area contributed by atoms with Crippen LogP contribution in [0.15, 0.2) is 18.5 Å². The molecule has 0 unspecified atom stereocenters. The van der Waals surface area contributed by atoms with E-state index in [-0.39, 0.29) is 5.41 Å². The van der Waals surface area contributed by atoms with Gasteiger partial charge in [0.25, 0.3) is 0 Å². The molecule has 0 amide bonds. The van der Waals surface area contributed by atoms with E-state index in [2.05, 4.69) is 18.8 Å². The number of aromatic nitrogens is 1. The van der Waals surface area contributed by atoms with Crippen molar-refractivity contribution in [3.8, 4) is 5.75 Å². The first-order valence-electron chi connectivity index (χ1n) is 6.63. The molecule has 3 rings (SSSR count). The number of rotatable bonds is 2. The molecular formula is C16H17NO3. The second-order valence-corrected chi connectivity index (χ2v) is 6.11. The Bertz CT molecular complexity index is 719. The lowest BCUT2D eigenvalue weighted by Gasteiger charge is -2.15. The van der Waals surface area contributed by atoms with Crippen LogP contribution in [-0.4, -0.2) is 23.2 Å². The quantitative estimate of drug-likeness (QED) is 0.912. The van der Waals surface area contributed by atoms with Crippen molar-refractivity contribution in [2.24, 2.45) is 5.41 Å². The molecule has 0 bridgehead atoms. The Balaban J connectivity index is 2.46. The highest BCUT2D eigenvalue weighted by molar-refractivity contribution is 6.08. The van der Waals surface area contributed by atoms with Gasteiger partial charge in [0.15, 0.2) is 0 Å². The van der Waals surface area contributed by atoms with Crippen LogP contribution < -0.4 is 4.74 Å². The lowest BCUT2D eigenvalue weighted by atomic mass is 9.90. The zero-order valence-corrected chi connectivity index (χ0v) is 11.9. The number of hydrogen-bond acceptors (Lipinski definition) is 3. The van der Waals surface area contributed by atoms with E-state index in [9.17, 15) is 9.90 Å². The highest BCUT2D eigenvalue weighted by atomic mass is 16.5. The minimum absolute atomic E-state index is 0.0601. The van der Waals surface area contributed by atoms with E-state index in [1.165, 1.54) is 0 Å². The summed E-state index contributed by atoms with van der Waals surface area (Å²) < 4.78 is 5.57. The lowest BCUT2D eigenvalue weighted by Crippen LogP contribution is -2.10. The molecule has 0 radical (unpaired) electrons. The van der Waals surface area contributed by atoms with E-state index in [1.807, 2.05) is 0 Å². The summed E-state index contributed by atoms with van der Waals surface area (Å²) in [5.74, 6) is -0.100. The fourth-order valence-corrected chi connectivity index (χ4v) is 3.29. The summed E-state index contributed by atoms with van der Waals surface area (Å²) in [5.41, 5.74) is 2.40. The highest BCUT2D eigenvalue weighted by Gasteiger charge is 2.35. The molecule has 104 valence electrons. The van der Waals surface area contributed by atoms with E-state index in [1.54, 1.807) is 25.6 Å². The maximum absolute atomic E-state index is 11.7. The van der Waals surface area contributed by atoms with Gasteiger partial charge in [-0.1, -0.05) is 13.8 Å². The van der Waals surface area contributed by atoms with Crippen molar-refractivity contribution >= 4 is 16.7 Å². The molecule has 1 aliphatic rings. The molecule has 1 heterocycles. The van der Waals surface area contributed by atoms with E-state index < -0.39 is 5.97 Å². The molecular weight excluding hydrogens is 254 g/mol. The number of benzene rings is 1. The van der Waals surface area contributed by atoms with Crippen molar-refractivity contribution in [2.75, 3.05) is 7.11 Å². The number of nitrogens with zero attached hydrogens (tertiary/aromatic N) is 1. The van der Waals surface area contributed by atoms with Crippen LogP contribution >= 0.6 is 0 Å². The second kappa shape index (κ2) is 4.20. The molecule has 1 aliphatic carbocycles. The number of ether oxygens (including phenoxy) is 1. The summed E-state index contributed by atoms with van der Waals surface area (Å²) >= 11 is 0. The number of pyridine rings is 1. The van der Waals surface area contributed by atoms with Crippen LogP contribution in [0.1, 0.15) is 35.3 Å². The Kier molecular flexibility index (Phi) is 2.71. The van der Waals surface area contributed by atoms with Crippen molar-refractivity contribution in [1.82, 2.24) is 4.98 Å². The van der Waals surface area contributed by atoms with Gasteiger partial charge in [-0.2, -0.15) is 0 Å². The monoisotopic (exact) mass is 271 g/mol. The Morgan fingerprint density at radius 2 is 2.00 bits per heavy atom. The van der Waals surface area contributed by atoms with Gasteiger partial charge < -0.3 is 9.84 Å². The van der Waals surface area contributed by atoms with E-state index in [4.69, 9.17) is 4.74 Å². The zero-order chi connectivity index (χ0) is 14.5. The van der Waals surface area contributed by atoms with Crippen LogP contribution in [0.25, 0.3) is 10.8 Å². The minimum Gasteiger partial charge on any atom is -0.496 e. The normalized spacial score (nSPS) is 16.1. The van der Waals surface area contributed by atoms with Crippen LogP contribution in [0.4, 0.5) is 0 Å². The molecule has 2 aromatic rings. The smallest absolute Gasteiger partial charge is 0.336 e. The standard InChI is InChI=1S/C16H17NO3/c1-16(2)6-10-11(7-16)14(20-3)12-8-17-5-4-9(12)13(10)15(18)19/h4-5,8H,6-7H2,1-3H3,(H,18,19). The first kappa shape index (κ1) is 12.9. The van der Waals surface area contributed by atoms with E-state index in [0.29, 0.717) is 10.9 Å². The second-order valence-electron chi connectivity index (χ2n) is 6.11. The summed E-state index contributed by atoms with van der Waals surface area (Å²) in [5, 5.41) is 11.1. The molecule has 4 nitrogen and oxygen atoms in total. The van der Waals surface area contributed by atoms with Gasteiger partial charge in [0.1, 0.15) is 5.75 Å². The molecule has 0 saturated heterocycles. The molecule has 0 fully saturated rings. The average Bonchev–Trinajstić information content (AvgIpc) is 2.69. The van der Waals surface area contributed by atoms with Crippen LogP contribution in [0.3, 0.4) is 0 Å². The summed E-state index contributed by atoms with van der Waals surface area (Å²) in [7, 11) is 1.63. The maximum Gasteiger partial charge on any atom is 0.336 e. The Morgan fingerprint density at radius 3 is 2.65 bits per heavy atom. The van der Waals surface area contributed by atoms with Crippen LogP contribution in [0, 0.1) is 5.41 Å². The number of aromatic carboxylic acids is 1. The first-order valence-corrected chi connectivity index (χ1v) is 6.63. The van der Waals surface area contributed by atoms with Gasteiger partial charge >= 0.3 is 5.97 Å². The SMILES string of the molecule is COc1c2c(c(C(=O)O)c3ccncc13)CC(C)(C)C2. The van der Waals surface area contributed by atoms with Crippen molar-refractivity contribution < 1.29 is 14.6 Å². The Hall–Kier alpha value is -2.10. The third kappa shape index (κ3) is 1.75. The van der Waals surface area contributed by atoms with Gasteiger partial charge in [0, 0.05) is 23.2 Å². The third-order valence-corrected chi connectivity index (χ3v) is 4.00. The van der Waals surface area contributed by atoms with E-state index in [0.717, 1.165) is 35.1 Å². The number of carbonyl (C=O) groups is 1. The van der Waals surface area contributed by atoms with Crippen LogP contribution in [0.2, 0.25) is 0 Å². The van der Waals surface area contributed by atoms with Crippen LogP contribution in [-0.2, 0) is 12.8 Å². The topological polar surface area (TPSA) is 59.4 Å². The highest BCUT2D eigenvalue weighted by Crippen LogP contribution is 2.46. The number of carboxylic acids is 1. The molecule has 1 aromatic carbocycles. The molecule has 0 spiro atoms.